The number of ether oxygens (including phenoxy) is 1. The second kappa shape index (κ2) is 8.91. The van der Waals surface area contributed by atoms with Crippen molar-refractivity contribution in [3.63, 3.8) is 0 Å². The van der Waals surface area contributed by atoms with Crippen molar-refractivity contribution >= 4 is 12.0 Å². The van der Waals surface area contributed by atoms with E-state index in [4.69, 9.17) is 4.74 Å². The predicted octanol–water partition coefficient (Wildman–Crippen LogP) is 3.84. The number of benzene rings is 1. The summed E-state index contributed by atoms with van der Waals surface area (Å²) in [6.07, 6.45) is -2.28. The molecule has 26 heavy (non-hydrogen) atoms. The standard InChI is InChI=1S/C18H23F3N2O3/c1-2-3-12-26-17(25)23-10-8-13(9-11-23)22-16(24)14-6-4-5-7-15(14)18(19,20)21/h4-7,13H,2-3,8-12H2,1H3,(H,22,24). The van der Waals surface area contributed by atoms with Crippen LogP contribution in [0.5, 0.6) is 0 Å². The molecule has 5 nitrogen and oxygen atoms in total. The number of alkyl halides is 3. The molecular formula is C18H23F3N2O3. The predicted molar refractivity (Wildman–Crippen MR) is 89.8 cm³/mol. The lowest BCUT2D eigenvalue weighted by Crippen LogP contribution is -2.47. The SMILES string of the molecule is CCCCOC(=O)N1CCC(NC(=O)c2ccccc2C(F)(F)F)CC1. The minimum Gasteiger partial charge on any atom is -0.449 e. The molecule has 0 aliphatic carbocycles. The maximum absolute atomic E-state index is 13.0. The van der Waals surface area contributed by atoms with Gasteiger partial charge in [-0.05, 0) is 31.4 Å². The quantitative estimate of drug-likeness (QED) is 0.799. The van der Waals surface area contributed by atoms with Crippen LogP contribution in [0.4, 0.5) is 18.0 Å². The van der Waals surface area contributed by atoms with E-state index in [1.807, 2.05) is 6.92 Å². The van der Waals surface area contributed by atoms with Gasteiger partial charge in [0.1, 0.15) is 0 Å². The van der Waals surface area contributed by atoms with Gasteiger partial charge in [0.15, 0.2) is 0 Å². The average molecular weight is 372 g/mol. The molecule has 1 aromatic rings. The molecule has 2 amide bonds. The first-order valence-electron chi connectivity index (χ1n) is 8.71. The van der Waals surface area contributed by atoms with Crippen LogP contribution in [0.2, 0.25) is 0 Å². The van der Waals surface area contributed by atoms with Crippen LogP contribution in [0, 0.1) is 0 Å². The Morgan fingerprint density at radius 3 is 2.50 bits per heavy atom. The molecule has 0 spiro atoms. The van der Waals surface area contributed by atoms with Crippen molar-refractivity contribution in [1.29, 1.82) is 0 Å². The summed E-state index contributed by atoms with van der Waals surface area (Å²) in [5.74, 6) is -0.748. The Kier molecular flexibility index (Phi) is 6.88. The second-order valence-corrected chi connectivity index (χ2v) is 6.25. The Labute approximate surface area is 150 Å². The van der Waals surface area contributed by atoms with Crippen LogP contribution in [-0.2, 0) is 10.9 Å². The van der Waals surface area contributed by atoms with E-state index in [1.165, 1.54) is 18.2 Å². The molecule has 1 aliphatic rings. The van der Waals surface area contributed by atoms with Crippen molar-refractivity contribution in [2.75, 3.05) is 19.7 Å². The van der Waals surface area contributed by atoms with Gasteiger partial charge in [-0.1, -0.05) is 25.5 Å². The highest BCUT2D eigenvalue weighted by molar-refractivity contribution is 5.96. The summed E-state index contributed by atoms with van der Waals surface area (Å²) in [6, 6.07) is 4.44. The smallest absolute Gasteiger partial charge is 0.417 e. The molecule has 0 unspecified atom stereocenters. The van der Waals surface area contributed by atoms with Gasteiger partial charge < -0.3 is 15.0 Å². The van der Waals surface area contributed by atoms with Gasteiger partial charge in [-0.15, -0.1) is 0 Å². The van der Waals surface area contributed by atoms with Crippen molar-refractivity contribution in [2.45, 2.75) is 44.8 Å². The van der Waals surface area contributed by atoms with Crippen molar-refractivity contribution in [3.8, 4) is 0 Å². The molecule has 1 aromatic carbocycles. The number of carbonyl (C=O) groups is 2. The molecule has 0 bridgehead atoms. The molecule has 0 radical (unpaired) electrons. The number of hydrogen-bond donors (Lipinski definition) is 1. The van der Waals surface area contributed by atoms with Gasteiger partial charge in [-0.25, -0.2) is 4.79 Å². The van der Waals surface area contributed by atoms with Gasteiger partial charge in [0, 0.05) is 19.1 Å². The van der Waals surface area contributed by atoms with Crippen LogP contribution in [0.15, 0.2) is 24.3 Å². The third-order valence-corrected chi connectivity index (χ3v) is 4.29. The van der Waals surface area contributed by atoms with E-state index in [2.05, 4.69) is 5.32 Å². The lowest BCUT2D eigenvalue weighted by atomic mass is 10.0. The average Bonchev–Trinajstić information content (AvgIpc) is 2.61. The fraction of sp³-hybridized carbons (Fsp3) is 0.556. The summed E-state index contributed by atoms with van der Waals surface area (Å²) in [5, 5.41) is 2.64. The zero-order valence-electron chi connectivity index (χ0n) is 14.6. The zero-order chi connectivity index (χ0) is 19.2. The fourth-order valence-electron chi connectivity index (χ4n) is 2.79. The number of carbonyl (C=O) groups excluding carboxylic acids is 2. The van der Waals surface area contributed by atoms with Crippen molar-refractivity contribution in [1.82, 2.24) is 10.2 Å². The number of likely N-dealkylation sites (tertiary alicyclic amines) is 1. The van der Waals surface area contributed by atoms with E-state index in [0.717, 1.165) is 18.9 Å². The first-order valence-corrected chi connectivity index (χ1v) is 8.71. The van der Waals surface area contributed by atoms with E-state index in [0.29, 0.717) is 32.5 Å². The Hall–Kier alpha value is -2.25. The molecule has 1 N–H and O–H groups in total. The molecule has 1 fully saturated rings. The lowest BCUT2D eigenvalue weighted by Gasteiger charge is -2.31. The highest BCUT2D eigenvalue weighted by atomic mass is 19.4. The second-order valence-electron chi connectivity index (χ2n) is 6.25. The van der Waals surface area contributed by atoms with Crippen LogP contribution in [-0.4, -0.2) is 42.6 Å². The van der Waals surface area contributed by atoms with Crippen molar-refractivity contribution in [2.24, 2.45) is 0 Å². The topological polar surface area (TPSA) is 58.6 Å². The van der Waals surface area contributed by atoms with E-state index in [1.54, 1.807) is 4.90 Å². The molecule has 1 aliphatic heterocycles. The first-order chi connectivity index (χ1) is 12.3. The van der Waals surface area contributed by atoms with Gasteiger partial charge in [-0.2, -0.15) is 13.2 Å². The van der Waals surface area contributed by atoms with E-state index >= 15 is 0 Å². The molecular weight excluding hydrogens is 349 g/mol. The number of piperidine rings is 1. The molecule has 1 saturated heterocycles. The number of unbranched alkanes of at least 4 members (excludes halogenated alkanes) is 1. The zero-order valence-corrected chi connectivity index (χ0v) is 14.6. The molecule has 1 heterocycles. The number of nitrogens with zero attached hydrogens (tertiary/aromatic N) is 1. The first kappa shape index (κ1) is 20.1. The van der Waals surface area contributed by atoms with Gasteiger partial charge >= 0.3 is 12.3 Å². The van der Waals surface area contributed by atoms with Crippen molar-refractivity contribution < 1.29 is 27.5 Å². The summed E-state index contributed by atoms with van der Waals surface area (Å²) in [5.41, 5.74) is -1.34. The van der Waals surface area contributed by atoms with Gasteiger partial charge in [0.05, 0.1) is 17.7 Å². The Morgan fingerprint density at radius 2 is 1.88 bits per heavy atom. The number of hydrogen-bond acceptors (Lipinski definition) is 3. The highest BCUT2D eigenvalue weighted by Gasteiger charge is 2.35. The number of rotatable bonds is 5. The van der Waals surface area contributed by atoms with Crippen LogP contribution in [0.25, 0.3) is 0 Å². The Balaban J connectivity index is 1.88. The third-order valence-electron chi connectivity index (χ3n) is 4.29. The summed E-state index contributed by atoms with van der Waals surface area (Å²) >= 11 is 0. The van der Waals surface area contributed by atoms with E-state index in [-0.39, 0.29) is 17.7 Å². The highest BCUT2D eigenvalue weighted by Crippen LogP contribution is 2.31. The number of nitrogens with one attached hydrogen (secondary N) is 1. The van der Waals surface area contributed by atoms with Gasteiger partial charge in [0.2, 0.25) is 0 Å². The normalized spacial score (nSPS) is 15.6. The fourth-order valence-corrected chi connectivity index (χ4v) is 2.79. The molecule has 0 atom stereocenters. The van der Waals surface area contributed by atoms with E-state index in [9.17, 15) is 22.8 Å². The van der Waals surface area contributed by atoms with E-state index < -0.39 is 17.6 Å². The minimum absolute atomic E-state index is 0.275. The Bertz CT molecular complexity index is 626. The number of amides is 2. The van der Waals surface area contributed by atoms with Crippen LogP contribution < -0.4 is 5.32 Å². The summed E-state index contributed by atoms with van der Waals surface area (Å²) in [4.78, 5) is 25.7. The van der Waals surface area contributed by atoms with Gasteiger partial charge in [0.25, 0.3) is 5.91 Å². The monoisotopic (exact) mass is 372 g/mol. The maximum atomic E-state index is 13.0. The molecule has 144 valence electrons. The van der Waals surface area contributed by atoms with Crippen molar-refractivity contribution in [3.05, 3.63) is 35.4 Å². The lowest BCUT2D eigenvalue weighted by molar-refractivity contribution is -0.137. The van der Waals surface area contributed by atoms with Crippen LogP contribution in [0.3, 0.4) is 0 Å². The summed E-state index contributed by atoms with van der Waals surface area (Å²) in [7, 11) is 0. The number of halogens is 3. The minimum atomic E-state index is -4.58. The maximum Gasteiger partial charge on any atom is 0.417 e. The largest absolute Gasteiger partial charge is 0.449 e. The van der Waals surface area contributed by atoms with Crippen LogP contribution >= 0.6 is 0 Å². The summed E-state index contributed by atoms with van der Waals surface area (Å²) in [6.45, 7) is 3.17. The summed E-state index contributed by atoms with van der Waals surface area (Å²) < 4.78 is 44.2. The Morgan fingerprint density at radius 1 is 1.23 bits per heavy atom. The molecule has 0 saturated carbocycles. The van der Waals surface area contributed by atoms with Gasteiger partial charge in [-0.3, -0.25) is 4.79 Å². The molecule has 8 heteroatoms. The molecule has 0 aromatic heterocycles. The van der Waals surface area contributed by atoms with Crippen LogP contribution in [0.1, 0.15) is 48.5 Å². The molecule has 2 rings (SSSR count). The third kappa shape index (κ3) is 5.37.